The number of amides is 2. The summed E-state index contributed by atoms with van der Waals surface area (Å²) in [5.74, 6) is 0.890. The van der Waals surface area contributed by atoms with Crippen molar-refractivity contribution in [2.45, 2.75) is 0 Å². The van der Waals surface area contributed by atoms with E-state index in [4.69, 9.17) is 0 Å². The van der Waals surface area contributed by atoms with Gasteiger partial charge in [-0.2, -0.15) is 5.10 Å². The zero-order valence-electron chi connectivity index (χ0n) is 13.8. The summed E-state index contributed by atoms with van der Waals surface area (Å²) in [4.78, 5) is 16.4. The molecule has 3 aromatic rings. The lowest BCUT2D eigenvalue weighted by Gasteiger charge is -2.35. The highest BCUT2D eigenvalue weighted by Crippen LogP contribution is 2.24. The quantitative estimate of drug-likeness (QED) is 0.783. The SMILES string of the molecule is O=C(Nc1ccccc1)N1CCN(c2nncc3ccccc23)CC1. The van der Waals surface area contributed by atoms with Crippen LogP contribution in [0.5, 0.6) is 0 Å². The van der Waals surface area contributed by atoms with E-state index in [2.05, 4.69) is 26.5 Å². The standard InChI is InChI=1S/C19H19N5O/c25-19(21-16-7-2-1-3-8-16)24-12-10-23(11-13-24)18-17-9-5-4-6-15(17)14-20-22-18/h1-9,14H,10-13H2,(H,21,25). The highest BCUT2D eigenvalue weighted by atomic mass is 16.2. The Hall–Kier alpha value is -3.15. The number of rotatable bonds is 2. The predicted molar refractivity (Wildman–Crippen MR) is 98.8 cm³/mol. The van der Waals surface area contributed by atoms with Gasteiger partial charge in [0.1, 0.15) is 0 Å². The molecule has 1 N–H and O–H groups in total. The number of benzene rings is 2. The number of nitrogens with zero attached hydrogens (tertiary/aromatic N) is 4. The molecule has 1 aromatic heterocycles. The smallest absolute Gasteiger partial charge is 0.321 e. The summed E-state index contributed by atoms with van der Waals surface area (Å²) in [5, 5.41) is 13.6. The van der Waals surface area contributed by atoms with E-state index in [1.54, 1.807) is 6.20 Å². The van der Waals surface area contributed by atoms with Gasteiger partial charge in [0.15, 0.2) is 5.82 Å². The fourth-order valence-electron chi connectivity index (χ4n) is 3.09. The number of carbonyl (C=O) groups is 1. The molecule has 0 spiro atoms. The molecule has 0 aliphatic carbocycles. The molecule has 1 aliphatic heterocycles. The van der Waals surface area contributed by atoms with Crippen molar-refractivity contribution in [2.75, 3.05) is 36.4 Å². The first kappa shape index (κ1) is 15.4. The largest absolute Gasteiger partial charge is 0.351 e. The van der Waals surface area contributed by atoms with E-state index in [9.17, 15) is 4.79 Å². The van der Waals surface area contributed by atoms with Crippen molar-refractivity contribution >= 4 is 28.3 Å². The molecule has 0 unspecified atom stereocenters. The van der Waals surface area contributed by atoms with Gasteiger partial charge >= 0.3 is 6.03 Å². The van der Waals surface area contributed by atoms with Gasteiger partial charge in [0, 0.05) is 42.6 Å². The molecule has 2 aromatic carbocycles. The Bertz CT molecular complexity index is 870. The van der Waals surface area contributed by atoms with Crippen molar-refractivity contribution in [1.29, 1.82) is 0 Å². The molecule has 126 valence electrons. The van der Waals surface area contributed by atoms with Gasteiger partial charge in [0.05, 0.1) is 6.20 Å². The molecule has 4 rings (SSSR count). The van der Waals surface area contributed by atoms with E-state index in [1.165, 1.54) is 0 Å². The number of urea groups is 1. The van der Waals surface area contributed by atoms with Gasteiger partial charge in [0.2, 0.25) is 0 Å². The first-order valence-electron chi connectivity index (χ1n) is 8.37. The number of nitrogens with one attached hydrogen (secondary N) is 1. The third kappa shape index (κ3) is 3.24. The van der Waals surface area contributed by atoms with Crippen molar-refractivity contribution in [3.05, 3.63) is 60.8 Å². The van der Waals surface area contributed by atoms with Gasteiger partial charge in [-0.1, -0.05) is 42.5 Å². The monoisotopic (exact) mass is 333 g/mol. The zero-order valence-corrected chi connectivity index (χ0v) is 13.8. The summed E-state index contributed by atoms with van der Waals surface area (Å²) in [6, 6.07) is 17.6. The molecule has 6 heteroatoms. The Morgan fingerprint density at radius 1 is 0.920 bits per heavy atom. The van der Waals surface area contributed by atoms with Gasteiger partial charge in [0.25, 0.3) is 0 Å². The van der Waals surface area contributed by atoms with Gasteiger partial charge in [-0.15, -0.1) is 5.10 Å². The molecular formula is C19H19N5O. The van der Waals surface area contributed by atoms with E-state index in [0.717, 1.165) is 35.4 Å². The second-order valence-electron chi connectivity index (χ2n) is 6.03. The minimum absolute atomic E-state index is 0.0603. The van der Waals surface area contributed by atoms with Crippen molar-refractivity contribution in [3.63, 3.8) is 0 Å². The van der Waals surface area contributed by atoms with Gasteiger partial charge in [-0.25, -0.2) is 4.79 Å². The first-order chi connectivity index (χ1) is 12.3. The minimum Gasteiger partial charge on any atom is -0.351 e. The summed E-state index contributed by atoms with van der Waals surface area (Å²) < 4.78 is 0. The van der Waals surface area contributed by atoms with Crippen LogP contribution in [0.4, 0.5) is 16.3 Å². The van der Waals surface area contributed by atoms with Crippen molar-refractivity contribution in [3.8, 4) is 0 Å². The first-order valence-corrected chi connectivity index (χ1v) is 8.37. The molecule has 1 aliphatic rings. The molecule has 2 heterocycles. The van der Waals surface area contributed by atoms with Crippen LogP contribution in [0, 0.1) is 0 Å². The van der Waals surface area contributed by atoms with Gasteiger partial charge in [-0.05, 0) is 12.1 Å². The average Bonchev–Trinajstić information content (AvgIpc) is 2.68. The number of piperazine rings is 1. The van der Waals surface area contributed by atoms with Gasteiger partial charge in [-0.3, -0.25) is 0 Å². The summed E-state index contributed by atoms with van der Waals surface area (Å²) in [6.07, 6.45) is 1.78. The molecule has 6 nitrogen and oxygen atoms in total. The molecule has 0 radical (unpaired) electrons. The van der Waals surface area contributed by atoms with Crippen molar-refractivity contribution < 1.29 is 4.79 Å². The Balaban J connectivity index is 1.43. The Morgan fingerprint density at radius 3 is 2.44 bits per heavy atom. The van der Waals surface area contributed by atoms with E-state index in [-0.39, 0.29) is 6.03 Å². The summed E-state index contributed by atoms with van der Waals surface area (Å²) in [6.45, 7) is 2.79. The molecular weight excluding hydrogens is 314 g/mol. The molecule has 2 amide bonds. The highest BCUT2D eigenvalue weighted by molar-refractivity contribution is 5.92. The number of anilines is 2. The molecule has 0 saturated carbocycles. The zero-order chi connectivity index (χ0) is 17.1. The Kier molecular flexibility index (Phi) is 4.16. The van der Waals surface area contributed by atoms with E-state index >= 15 is 0 Å². The maximum atomic E-state index is 12.4. The third-order valence-electron chi connectivity index (χ3n) is 4.44. The van der Waals surface area contributed by atoms with Crippen LogP contribution in [0.1, 0.15) is 0 Å². The van der Waals surface area contributed by atoms with Gasteiger partial charge < -0.3 is 15.1 Å². The molecule has 1 saturated heterocycles. The topological polar surface area (TPSA) is 61.4 Å². The third-order valence-corrected chi connectivity index (χ3v) is 4.44. The second kappa shape index (κ2) is 6.76. The maximum Gasteiger partial charge on any atom is 0.321 e. The lowest BCUT2D eigenvalue weighted by atomic mass is 10.2. The lowest BCUT2D eigenvalue weighted by Crippen LogP contribution is -2.50. The van der Waals surface area contributed by atoms with Crippen LogP contribution in [0.2, 0.25) is 0 Å². The minimum atomic E-state index is -0.0603. The average molecular weight is 333 g/mol. The van der Waals surface area contributed by atoms with Crippen LogP contribution in [-0.2, 0) is 0 Å². The molecule has 0 bridgehead atoms. The number of hydrogen-bond donors (Lipinski definition) is 1. The van der Waals surface area contributed by atoms with Crippen LogP contribution in [0.25, 0.3) is 10.8 Å². The molecule has 0 atom stereocenters. The number of para-hydroxylation sites is 1. The van der Waals surface area contributed by atoms with Crippen LogP contribution < -0.4 is 10.2 Å². The Labute approximate surface area is 146 Å². The molecule has 25 heavy (non-hydrogen) atoms. The van der Waals surface area contributed by atoms with E-state index in [0.29, 0.717) is 13.1 Å². The number of carbonyl (C=O) groups excluding carboxylic acids is 1. The number of fused-ring (bicyclic) bond motifs is 1. The van der Waals surface area contributed by atoms with Crippen molar-refractivity contribution in [1.82, 2.24) is 15.1 Å². The maximum absolute atomic E-state index is 12.4. The van der Waals surface area contributed by atoms with Crippen LogP contribution >= 0.6 is 0 Å². The number of aromatic nitrogens is 2. The lowest BCUT2D eigenvalue weighted by molar-refractivity contribution is 0.208. The van der Waals surface area contributed by atoms with Crippen LogP contribution in [0.15, 0.2) is 60.8 Å². The highest BCUT2D eigenvalue weighted by Gasteiger charge is 2.23. The van der Waals surface area contributed by atoms with Crippen LogP contribution in [0.3, 0.4) is 0 Å². The normalized spacial score (nSPS) is 14.6. The van der Waals surface area contributed by atoms with E-state index < -0.39 is 0 Å². The second-order valence-corrected chi connectivity index (χ2v) is 6.03. The fourth-order valence-corrected chi connectivity index (χ4v) is 3.09. The molecule has 1 fully saturated rings. The number of hydrogen-bond acceptors (Lipinski definition) is 4. The predicted octanol–water partition coefficient (Wildman–Crippen LogP) is 2.98. The Morgan fingerprint density at radius 2 is 1.64 bits per heavy atom. The van der Waals surface area contributed by atoms with Crippen molar-refractivity contribution in [2.24, 2.45) is 0 Å². The summed E-state index contributed by atoms with van der Waals surface area (Å²) in [7, 11) is 0. The summed E-state index contributed by atoms with van der Waals surface area (Å²) in [5.41, 5.74) is 0.815. The summed E-state index contributed by atoms with van der Waals surface area (Å²) >= 11 is 0. The van der Waals surface area contributed by atoms with Crippen LogP contribution in [-0.4, -0.2) is 47.3 Å². The fraction of sp³-hybridized carbons (Fsp3) is 0.211. The van der Waals surface area contributed by atoms with E-state index in [1.807, 2.05) is 53.4 Å².